The molecule has 0 unspecified atom stereocenters. The summed E-state index contributed by atoms with van der Waals surface area (Å²) in [6.07, 6.45) is 0.375. The lowest BCUT2D eigenvalue weighted by atomic mass is 10.3. The van der Waals surface area contributed by atoms with E-state index in [-0.39, 0.29) is 11.7 Å². The van der Waals surface area contributed by atoms with Crippen LogP contribution in [0, 0.1) is 5.82 Å². The summed E-state index contributed by atoms with van der Waals surface area (Å²) in [6.45, 7) is 0. The van der Waals surface area contributed by atoms with E-state index in [1.165, 1.54) is 25.3 Å². The Morgan fingerprint density at radius 3 is 2.93 bits per heavy atom. The van der Waals surface area contributed by atoms with E-state index < -0.39 is 5.82 Å². The Kier molecular flexibility index (Phi) is 4.55. The number of methoxy groups -OCH3 is 1. The minimum Gasteiger partial charge on any atom is -0.494 e. The van der Waals surface area contributed by atoms with Crippen molar-refractivity contribution >= 4 is 27.5 Å². The highest BCUT2D eigenvalue weighted by molar-refractivity contribution is 9.09. The van der Waals surface area contributed by atoms with Crippen LogP contribution in [0.3, 0.4) is 0 Å². The van der Waals surface area contributed by atoms with Crippen molar-refractivity contribution < 1.29 is 13.9 Å². The van der Waals surface area contributed by atoms with Gasteiger partial charge < -0.3 is 10.1 Å². The maximum absolute atomic E-state index is 13.0. The second-order valence-corrected chi connectivity index (χ2v) is 3.63. The number of nitrogens with one attached hydrogen (secondary N) is 1. The Balaban J connectivity index is 2.74. The summed E-state index contributed by atoms with van der Waals surface area (Å²) >= 11 is 3.16. The molecule has 3 nitrogen and oxygen atoms in total. The molecule has 1 aromatic rings. The van der Waals surface area contributed by atoms with E-state index in [9.17, 15) is 9.18 Å². The lowest BCUT2D eigenvalue weighted by Gasteiger charge is -2.06. The monoisotopic (exact) mass is 275 g/mol. The summed E-state index contributed by atoms with van der Waals surface area (Å²) < 4.78 is 17.8. The number of benzene rings is 1. The second kappa shape index (κ2) is 5.70. The smallest absolute Gasteiger partial charge is 0.225 e. The predicted octanol–water partition coefficient (Wildman–Crippen LogP) is 2.56. The number of carbonyl (C=O) groups is 1. The fourth-order valence-electron chi connectivity index (χ4n) is 1.05. The van der Waals surface area contributed by atoms with Gasteiger partial charge in [-0.15, -0.1) is 0 Å². The van der Waals surface area contributed by atoms with Gasteiger partial charge in [-0.05, 0) is 12.1 Å². The van der Waals surface area contributed by atoms with E-state index in [1.54, 1.807) is 0 Å². The standard InChI is InChI=1S/C10H11BrFNO2/c1-15-9-6-7(2-3-8(9)12)13-10(14)4-5-11/h2-3,6H,4-5H2,1H3,(H,13,14). The lowest BCUT2D eigenvalue weighted by molar-refractivity contribution is -0.115. The zero-order valence-electron chi connectivity index (χ0n) is 8.22. The van der Waals surface area contributed by atoms with Gasteiger partial charge in [0, 0.05) is 23.5 Å². The first-order valence-corrected chi connectivity index (χ1v) is 5.49. The van der Waals surface area contributed by atoms with Crippen LogP contribution in [0.4, 0.5) is 10.1 Å². The number of rotatable bonds is 4. The van der Waals surface area contributed by atoms with Gasteiger partial charge in [0.1, 0.15) is 0 Å². The van der Waals surface area contributed by atoms with Crippen molar-refractivity contribution in [2.24, 2.45) is 0 Å². The maximum Gasteiger partial charge on any atom is 0.225 e. The van der Waals surface area contributed by atoms with E-state index in [0.717, 1.165) is 0 Å². The molecular formula is C10H11BrFNO2. The highest BCUT2D eigenvalue weighted by Crippen LogP contribution is 2.21. The van der Waals surface area contributed by atoms with Crippen molar-refractivity contribution in [3.8, 4) is 5.75 Å². The SMILES string of the molecule is COc1cc(NC(=O)CCBr)ccc1F. The van der Waals surface area contributed by atoms with E-state index >= 15 is 0 Å². The Labute approximate surface area is 95.7 Å². The molecule has 0 heterocycles. The van der Waals surface area contributed by atoms with Crippen molar-refractivity contribution in [3.63, 3.8) is 0 Å². The topological polar surface area (TPSA) is 38.3 Å². The Hall–Kier alpha value is -1.10. The van der Waals surface area contributed by atoms with Gasteiger partial charge in [0.15, 0.2) is 11.6 Å². The third kappa shape index (κ3) is 3.51. The molecule has 1 amide bonds. The van der Waals surface area contributed by atoms with Crippen LogP contribution in [-0.2, 0) is 4.79 Å². The highest BCUT2D eigenvalue weighted by Gasteiger charge is 2.05. The molecule has 0 saturated carbocycles. The second-order valence-electron chi connectivity index (χ2n) is 2.84. The molecule has 1 N–H and O–H groups in total. The van der Waals surface area contributed by atoms with E-state index in [0.29, 0.717) is 17.4 Å². The molecule has 0 spiro atoms. The van der Waals surface area contributed by atoms with E-state index in [2.05, 4.69) is 21.2 Å². The first-order valence-electron chi connectivity index (χ1n) is 4.36. The van der Waals surface area contributed by atoms with Gasteiger partial charge in [0.2, 0.25) is 5.91 Å². The molecule has 5 heteroatoms. The molecule has 0 saturated heterocycles. The minimum absolute atomic E-state index is 0.117. The van der Waals surface area contributed by atoms with Gasteiger partial charge in [0.05, 0.1) is 7.11 Å². The number of hydrogen-bond acceptors (Lipinski definition) is 2. The van der Waals surface area contributed by atoms with Crippen LogP contribution in [0.25, 0.3) is 0 Å². The molecule has 1 rings (SSSR count). The largest absolute Gasteiger partial charge is 0.494 e. The molecule has 0 aliphatic carbocycles. The number of amides is 1. The van der Waals surface area contributed by atoms with Crippen LogP contribution < -0.4 is 10.1 Å². The summed E-state index contributed by atoms with van der Waals surface area (Å²) in [5.74, 6) is -0.455. The molecule has 0 aliphatic rings. The van der Waals surface area contributed by atoms with Crippen LogP contribution in [-0.4, -0.2) is 18.3 Å². The highest BCUT2D eigenvalue weighted by atomic mass is 79.9. The first-order chi connectivity index (χ1) is 7.17. The number of carbonyl (C=O) groups excluding carboxylic acids is 1. The first kappa shape index (κ1) is 12.0. The molecule has 0 radical (unpaired) electrons. The van der Waals surface area contributed by atoms with Crippen molar-refractivity contribution in [3.05, 3.63) is 24.0 Å². The fraction of sp³-hybridized carbons (Fsp3) is 0.300. The van der Waals surface area contributed by atoms with Gasteiger partial charge in [-0.25, -0.2) is 4.39 Å². The lowest BCUT2D eigenvalue weighted by Crippen LogP contribution is -2.11. The van der Waals surface area contributed by atoms with E-state index in [1.807, 2.05) is 0 Å². The van der Waals surface area contributed by atoms with Gasteiger partial charge >= 0.3 is 0 Å². The normalized spacial score (nSPS) is 9.80. The summed E-state index contributed by atoms with van der Waals surface area (Å²) in [6, 6.07) is 4.19. The molecule has 1 aromatic carbocycles. The summed E-state index contributed by atoms with van der Waals surface area (Å²) in [5, 5.41) is 3.22. The van der Waals surface area contributed by atoms with Crippen LogP contribution >= 0.6 is 15.9 Å². The van der Waals surface area contributed by atoms with Crippen LogP contribution in [0.2, 0.25) is 0 Å². The fourth-order valence-corrected chi connectivity index (χ4v) is 1.41. The quantitative estimate of drug-likeness (QED) is 0.858. The number of hydrogen-bond donors (Lipinski definition) is 1. The zero-order chi connectivity index (χ0) is 11.3. The van der Waals surface area contributed by atoms with Crippen LogP contribution in [0.15, 0.2) is 18.2 Å². The summed E-state index contributed by atoms with van der Waals surface area (Å²) in [5.41, 5.74) is 0.527. The predicted molar refractivity (Wildman–Crippen MR) is 60.0 cm³/mol. The summed E-state index contributed by atoms with van der Waals surface area (Å²) in [4.78, 5) is 11.2. The van der Waals surface area contributed by atoms with Crippen molar-refractivity contribution in [2.45, 2.75) is 6.42 Å². The Bertz CT molecular complexity index is 357. The number of anilines is 1. The Morgan fingerprint density at radius 2 is 2.33 bits per heavy atom. The van der Waals surface area contributed by atoms with E-state index in [4.69, 9.17) is 4.74 Å². The number of halogens is 2. The molecule has 0 aromatic heterocycles. The number of ether oxygens (including phenoxy) is 1. The average Bonchev–Trinajstić information content (AvgIpc) is 2.21. The Morgan fingerprint density at radius 1 is 1.60 bits per heavy atom. The molecule has 0 bridgehead atoms. The van der Waals surface area contributed by atoms with Crippen molar-refractivity contribution in [1.29, 1.82) is 0 Å². The number of alkyl halides is 1. The molecule has 0 fully saturated rings. The maximum atomic E-state index is 13.0. The van der Waals surface area contributed by atoms with Crippen molar-refractivity contribution in [2.75, 3.05) is 17.8 Å². The van der Waals surface area contributed by atoms with Gasteiger partial charge in [-0.3, -0.25) is 4.79 Å². The zero-order valence-corrected chi connectivity index (χ0v) is 9.80. The molecular weight excluding hydrogens is 265 g/mol. The van der Waals surface area contributed by atoms with Gasteiger partial charge in [-0.2, -0.15) is 0 Å². The summed E-state index contributed by atoms with van der Waals surface area (Å²) in [7, 11) is 1.38. The van der Waals surface area contributed by atoms with Gasteiger partial charge in [0.25, 0.3) is 0 Å². The minimum atomic E-state index is -0.448. The molecule has 0 atom stereocenters. The van der Waals surface area contributed by atoms with Crippen molar-refractivity contribution in [1.82, 2.24) is 0 Å². The molecule has 82 valence electrons. The molecule has 15 heavy (non-hydrogen) atoms. The van der Waals surface area contributed by atoms with Gasteiger partial charge in [-0.1, -0.05) is 15.9 Å². The molecule has 0 aliphatic heterocycles. The average molecular weight is 276 g/mol. The third-order valence-electron chi connectivity index (χ3n) is 1.76. The third-order valence-corrected chi connectivity index (χ3v) is 2.15. The van der Waals surface area contributed by atoms with Crippen LogP contribution in [0.1, 0.15) is 6.42 Å². The van der Waals surface area contributed by atoms with Crippen LogP contribution in [0.5, 0.6) is 5.75 Å².